The molecule has 0 aliphatic rings. The second kappa shape index (κ2) is 6.26. The lowest BCUT2D eigenvalue weighted by molar-refractivity contribution is 0.509. The van der Waals surface area contributed by atoms with Crippen LogP contribution >= 0.6 is 0 Å². The minimum Gasteiger partial charge on any atom is -0.303 e. The summed E-state index contributed by atoms with van der Waals surface area (Å²) in [5.74, 6) is 0.979. The third-order valence-corrected chi connectivity index (χ3v) is 2.88. The van der Waals surface area contributed by atoms with Crippen molar-refractivity contribution in [3.63, 3.8) is 0 Å². The minimum atomic E-state index is 0.255. The second-order valence-corrected chi connectivity index (χ2v) is 4.29. The normalized spacial score (nSPS) is 12.6. The maximum atomic E-state index is 4.27. The molecule has 0 amide bonds. The Morgan fingerprint density at radius 1 is 1.44 bits per heavy atom. The van der Waals surface area contributed by atoms with Crippen LogP contribution in [0.2, 0.25) is 0 Å². The first-order chi connectivity index (χ1) is 8.81. The molecule has 0 aliphatic carbocycles. The monoisotopic (exact) mass is 245 g/mol. The third-order valence-electron chi connectivity index (χ3n) is 2.88. The van der Waals surface area contributed by atoms with Gasteiger partial charge in [-0.25, -0.2) is 9.67 Å². The van der Waals surface area contributed by atoms with Crippen molar-refractivity contribution in [3.8, 4) is 0 Å². The molecule has 1 atom stereocenters. The van der Waals surface area contributed by atoms with Crippen LogP contribution in [0, 0.1) is 0 Å². The van der Waals surface area contributed by atoms with Crippen molar-refractivity contribution in [2.24, 2.45) is 0 Å². The van der Waals surface area contributed by atoms with Gasteiger partial charge in [-0.15, -0.1) is 0 Å². The van der Waals surface area contributed by atoms with Gasteiger partial charge in [-0.05, 0) is 25.0 Å². The Morgan fingerprint density at radius 3 is 3.06 bits per heavy atom. The van der Waals surface area contributed by atoms with Gasteiger partial charge in [0.25, 0.3) is 0 Å². The lowest BCUT2D eigenvalue weighted by Crippen LogP contribution is -2.21. The molecular weight excluding hydrogens is 226 g/mol. The van der Waals surface area contributed by atoms with Crippen molar-refractivity contribution in [2.45, 2.75) is 39.4 Å². The van der Waals surface area contributed by atoms with E-state index >= 15 is 0 Å². The van der Waals surface area contributed by atoms with Crippen molar-refractivity contribution in [2.75, 3.05) is 0 Å². The van der Waals surface area contributed by atoms with E-state index in [1.54, 1.807) is 12.5 Å². The van der Waals surface area contributed by atoms with Gasteiger partial charge < -0.3 is 5.32 Å². The van der Waals surface area contributed by atoms with Crippen LogP contribution in [0.15, 0.2) is 30.9 Å². The molecule has 0 fully saturated rings. The SMILES string of the molecule is CCCn1ncnc1CNC(C)c1cccnc1. The van der Waals surface area contributed by atoms with Crippen LogP contribution in [0.1, 0.15) is 37.7 Å². The van der Waals surface area contributed by atoms with Crippen molar-refractivity contribution < 1.29 is 0 Å². The Bertz CT molecular complexity index is 465. The smallest absolute Gasteiger partial charge is 0.140 e. The van der Waals surface area contributed by atoms with E-state index in [0.717, 1.165) is 25.3 Å². The molecular formula is C13H19N5. The Hall–Kier alpha value is -1.75. The van der Waals surface area contributed by atoms with E-state index in [9.17, 15) is 0 Å². The number of hydrogen-bond acceptors (Lipinski definition) is 4. The van der Waals surface area contributed by atoms with Gasteiger partial charge in [-0.3, -0.25) is 4.98 Å². The number of rotatable bonds is 6. The Balaban J connectivity index is 1.93. The molecule has 0 aliphatic heterocycles. The molecule has 2 aromatic heterocycles. The van der Waals surface area contributed by atoms with Crippen LogP contribution in [0.3, 0.4) is 0 Å². The zero-order valence-electron chi connectivity index (χ0n) is 10.9. The Morgan fingerprint density at radius 2 is 2.33 bits per heavy atom. The summed E-state index contributed by atoms with van der Waals surface area (Å²) in [5, 5.41) is 7.65. The average molecular weight is 245 g/mol. The number of pyridine rings is 1. The maximum absolute atomic E-state index is 4.27. The van der Waals surface area contributed by atoms with Gasteiger partial charge in [0.05, 0.1) is 6.54 Å². The van der Waals surface area contributed by atoms with Crippen LogP contribution < -0.4 is 5.32 Å². The van der Waals surface area contributed by atoms with E-state index in [0.29, 0.717) is 0 Å². The summed E-state index contributed by atoms with van der Waals surface area (Å²) >= 11 is 0. The molecule has 0 bridgehead atoms. The highest BCUT2D eigenvalue weighted by Gasteiger charge is 2.07. The quantitative estimate of drug-likeness (QED) is 0.845. The van der Waals surface area contributed by atoms with E-state index in [2.05, 4.69) is 40.3 Å². The molecule has 0 spiro atoms. The fourth-order valence-electron chi connectivity index (χ4n) is 1.82. The van der Waals surface area contributed by atoms with E-state index in [-0.39, 0.29) is 6.04 Å². The van der Waals surface area contributed by atoms with Crippen molar-refractivity contribution in [1.82, 2.24) is 25.1 Å². The molecule has 1 N–H and O–H groups in total. The second-order valence-electron chi connectivity index (χ2n) is 4.29. The largest absolute Gasteiger partial charge is 0.303 e. The Labute approximate surface area is 107 Å². The lowest BCUT2D eigenvalue weighted by atomic mass is 10.1. The van der Waals surface area contributed by atoms with Gasteiger partial charge in [0.2, 0.25) is 0 Å². The average Bonchev–Trinajstić information content (AvgIpc) is 2.85. The van der Waals surface area contributed by atoms with Crippen LogP contribution in [0.5, 0.6) is 0 Å². The summed E-state index contributed by atoms with van der Waals surface area (Å²) in [4.78, 5) is 8.40. The maximum Gasteiger partial charge on any atom is 0.140 e. The zero-order valence-corrected chi connectivity index (χ0v) is 10.9. The first kappa shape index (κ1) is 12.7. The summed E-state index contributed by atoms with van der Waals surface area (Å²) in [5.41, 5.74) is 1.18. The lowest BCUT2D eigenvalue weighted by Gasteiger charge is -2.13. The molecule has 2 aromatic rings. The molecule has 5 heteroatoms. The van der Waals surface area contributed by atoms with Crippen molar-refractivity contribution in [3.05, 3.63) is 42.2 Å². The number of aryl methyl sites for hydroxylation is 1. The summed E-state index contributed by atoms with van der Waals surface area (Å²) in [6.45, 7) is 5.89. The summed E-state index contributed by atoms with van der Waals surface area (Å²) < 4.78 is 1.95. The number of aromatic nitrogens is 4. The molecule has 1 unspecified atom stereocenters. The van der Waals surface area contributed by atoms with E-state index in [4.69, 9.17) is 0 Å². The standard InChI is InChI=1S/C13H19N5/c1-3-7-18-13(16-10-17-18)9-15-11(2)12-5-4-6-14-8-12/h4-6,8,10-11,15H,3,7,9H2,1-2H3. The van der Waals surface area contributed by atoms with Gasteiger partial charge in [-0.2, -0.15) is 5.10 Å². The van der Waals surface area contributed by atoms with E-state index in [1.807, 2.05) is 16.9 Å². The molecule has 2 rings (SSSR count). The topological polar surface area (TPSA) is 55.6 Å². The Kier molecular flexibility index (Phi) is 4.41. The van der Waals surface area contributed by atoms with E-state index in [1.165, 1.54) is 5.56 Å². The number of nitrogens with one attached hydrogen (secondary N) is 1. The highest BCUT2D eigenvalue weighted by atomic mass is 15.3. The highest BCUT2D eigenvalue weighted by Crippen LogP contribution is 2.10. The minimum absolute atomic E-state index is 0.255. The predicted octanol–water partition coefficient (Wildman–Crippen LogP) is 1.93. The molecule has 2 heterocycles. The van der Waals surface area contributed by atoms with Crippen LogP contribution in [0.4, 0.5) is 0 Å². The van der Waals surface area contributed by atoms with Gasteiger partial charge in [0, 0.05) is 25.0 Å². The first-order valence-corrected chi connectivity index (χ1v) is 6.31. The molecule has 0 aromatic carbocycles. The fraction of sp³-hybridized carbons (Fsp3) is 0.462. The fourth-order valence-corrected chi connectivity index (χ4v) is 1.82. The third kappa shape index (κ3) is 3.13. The molecule has 0 radical (unpaired) electrons. The van der Waals surface area contributed by atoms with Crippen LogP contribution in [-0.2, 0) is 13.1 Å². The summed E-state index contributed by atoms with van der Waals surface area (Å²) in [6, 6.07) is 4.28. The molecule has 0 saturated carbocycles. The molecule has 0 saturated heterocycles. The number of hydrogen-bond donors (Lipinski definition) is 1. The van der Waals surface area contributed by atoms with Crippen LogP contribution in [0.25, 0.3) is 0 Å². The zero-order chi connectivity index (χ0) is 12.8. The van der Waals surface area contributed by atoms with E-state index < -0.39 is 0 Å². The highest BCUT2D eigenvalue weighted by molar-refractivity contribution is 5.12. The summed E-state index contributed by atoms with van der Waals surface area (Å²) in [6.07, 6.45) is 6.35. The molecule has 96 valence electrons. The van der Waals surface area contributed by atoms with Crippen molar-refractivity contribution >= 4 is 0 Å². The first-order valence-electron chi connectivity index (χ1n) is 6.31. The molecule has 5 nitrogen and oxygen atoms in total. The molecule has 18 heavy (non-hydrogen) atoms. The van der Waals surface area contributed by atoms with Gasteiger partial charge >= 0.3 is 0 Å². The number of nitrogens with zero attached hydrogens (tertiary/aromatic N) is 4. The van der Waals surface area contributed by atoms with Crippen LogP contribution in [-0.4, -0.2) is 19.7 Å². The predicted molar refractivity (Wildman–Crippen MR) is 69.8 cm³/mol. The van der Waals surface area contributed by atoms with Crippen molar-refractivity contribution in [1.29, 1.82) is 0 Å². The van der Waals surface area contributed by atoms with Gasteiger partial charge in [0.15, 0.2) is 0 Å². The van der Waals surface area contributed by atoms with Gasteiger partial charge in [-0.1, -0.05) is 13.0 Å². The van der Waals surface area contributed by atoms with Gasteiger partial charge in [0.1, 0.15) is 12.2 Å². The summed E-state index contributed by atoms with van der Waals surface area (Å²) in [7, 11) is 0.